The summed E-state index contributed by atoms with van der Waals surface area (Å²) in [6, 6.07) is 25.0. The molecule has 0 fully saturated rings. The highest BCUT2D eigenvalue weighted by atomic mass is 19.1. The van der Waals surface area contributed by atoms with Crippen LogP contribution in [0.25, 0.3) is 43.6 Å². The van der Waals surface area contributed by atoms with Crippen molar-refractivity contribution in [2.45, 2.75) is 27.7 Å². The van der Waals surface area contributed by atoms with E-state index in [9.17, 15) is 0 Å². The van der Waals surface area contributed by atoms with Crippen LogP contribution < -0.4 is 0 Å². The average molecular weight is 576 g/mol. The number of benzene rings is 4. The highest BCUT2D eigenvalue weighted by Gasteiger charge is 2.34. The van der Waals surface area contributed by atoms with Gasteiger partial charge in [-0.25, -0.2) is 9.29 Å². The minimum absolute atomic E-state index is 0.385. The molecule has 3 aliphatic heterocycles. The lowest BCUT2D eigenvalue weighted by Gasteiger charge is -2.32. The minimum atomic E-state index is -0.427. The van der Waals surface area contributed by atoms with E-state index in [1.165, 1.54) is 34.4 Å². The van der Waals surface area contributed by atoms with Gasteiger partial charge in [-0.15, -0.1) is 0 Å². The third kappa shape index (κ3) is 3.25. The van der Waals surface area contributed by atoms with E-state index in [1.807, 2.05) is 24.3 Å². The Bertz CT molecular complexity index is 2250. The van der Waals surface area contributed by atoms with Crippen LogP contribution >= 0.6 is 0 Å². The number of hydrogen-bond donors (Lipinski definition) is 0. The van der Waals surface area contributed by atoms with Crippen LogP contribution in [0.15, 0.2) is 117 Å². The summed E-state index contributed by atoms with van der Waals surface area (Å²) in [4.78, 5) is 21.6. The van der Waals surface area contributed by atoms with E-state index >= 15 is 4.39 Å². The summed E-state index contributed by atoms with van der Waals surface area (Å²) in [6.07, 6.45) is 2.82. The van der Waals surface area contributed by atoms with Crippen molar-refractivity contribution in [3.63, 3.8) is 0 Å². The fourth-order valence-electron chi connectivity index (χ4n) is 7.01. The zero-order valence-corrected chi connectivity index (χ0v) is 24.6. The van der Waals surface area contributed by atoms with Crippen LogP contribution in [0.2, 0.25) is 0 Å². The van der Waals surface area contributed by atoms with Crippen molar-refractivity contribution in [1.82, 2.24) is 14.0 Å². The molecule has 0 spiro atoms. The molecule has 0 saturated carbocycles. The highest BCUT2D eigenvalue weighted by molar-refractivity contribution is 6.26. The van der Waals surface area contributed by atoms with Crippen LogP contribution in [0.4, 0.5) is 4.39 Å². The first-order valence-corrected chi connectivity index (χ1v) is 14.6. The van der Waals surface area contributed by atoms with E-state index in [0.717, 1.165) is 43.6 Å². The lowest BCUT2D eigenvalue weighted by molar-refractivity contribution is 0.629. The molecule has 7 nitrogen and oxygen atoms in total. The van der Waals surface area contributed by atoms with Gasteiger partial charge in [0, 0.05) is 33.7 Å². The molecule has 0 saturated heterocycles. The molecule has 0 radical (unpaired) electrons. The van der Waals surface area contributed by atoms with Crippen molar-refractivity contribution in [2.24, 2.45) is 20.0 Å². The third-order valence-electron chi connectivity index (χ3n) is 8.89. The van der Waals surface area contributed by atoms with Gasteiger partial charge in [0.2, 0.25) is 17.9 Å². The molecule has 0 bridgehead atoms. The SMILES string of the molecule is Cc1cccc2c1c1c(C)cccc1n2C1=NC2=CC(F)=CC3=NC(n4c5cccc(C)c5c5c(C)cccc54)=NC(=N1)N23. The summed E-state index contributed by atoms with van der Waals surface area (Å²) < 4.78 is 19.3. The Kier molecular flexibility index (Phi) is 4.93. The second-order valence-electron chi connectivity index (χ2n) is 11.6. The number of rotatable bonds is 0. The molecule has 4 aromatic carbocycles. The number of nitrogens with zero attached hydrogens (tertiary/aromatic N) is 7. The number of hydrogen-bond acceptors (Lipinski definition) is 5. The molecular formula is C36H26FN7. The molecule has 3 aliphatic rings. The van der Waals surface area contributed by atoms with Gasteiger partial charge in [-0.2, -0.15) is 20.0 Å². The van der Waals surface area contributed by atoms with Crippen LogP contribution in [0.3, 0.4) is 0 Å². The van der Waals surface area contributed by atoms with Gasteiger partial charge >= 0.3 is 0 Å². The molecular weight excluding hydrogens is 549 g/mol. The molecule has 44 heavy (non-hydrogen) atoms. The molecule has 8 heteroatoms. The van der Waals surface area contributed by atoms with Gasteiger partial charge in [0.05, 0.1) is 22.1 Å². The number of allylic oxidation sites excluding steroid dienone is 2. The molecule has 0 amide bonds. The molecule has 6 aromatic rings. The first kappa shape index (κ1) is 24.9. The number of guanidine groups is 1. The lowest BCUT2D eigenvalue weighted by atomic mass is 10.0. The fraction of sp³-hybridized carbons (Fsp3) is 0.111. The van der Waals surface area contributed by atoms with E-state index in [2.05, 4.69) is 85.4 Å². The second-order valence-corrected chi connectivity index (χ2v) is 11.6. The molecule has 212 valence electrons. The average Bonchev–Trinajstić information content (AvgIpc) is 3.53. The van der Waals surface area contributed by atoms with Crippen molar-refractivity contribution in [3.8, 4) is 0 Å². The maximum Gasteiger partial charge on any atom is 0.243 e. The highest BCUT2D eigenvalue weighted by Crippen LogP contribution is 2.37. The summed E-state index contributed by atoms with van der Waals surface area (Å²) in [6.45, 7) is 8.48. The third-order valence-corrected chi connectivity index (χ3v) is 8.89. The summed E-state index contributed by atoms with van der Waals surface area (Å²) in [5, 5.41) is 4.61. The van der Waals surface area contributed by atoms with E-state index in [0.29, 0.717) is 29.5 Å². The molecule has 0 aliphatic carbocycles. The Morgan fingerprint density at radius 3 is 1.34 bits per heavy atom. The Morgan fingerprint density at radius 2 is 0.886 bits per heavy atom. The number of amidine groups is 1. The largest absolute Gasteiger partial charge is 0.278 e. The predicted octanol–water partition coefficient (Wildman–Crippen LogP) is 8.04. The Balaban J connectivity index is 1.34. The monoisotopic (exact) mass is 575 g/mol. The zero-order valence-electron chi connectivity index (χ0n) is 24.6. The van der Waals surface area contributed by atoms with Crippen molar-refractivity contribution >= 4 is 67.3 Å². The van der Waals surface area contributed by atoms with Crippen LogP contribution in [-0.4, -0.2) is 37.7 Å². The van der Waals surface area contributed by atoms with Crippen molar-refractivity contribution in [3.05, 3.63) is 119 Å². The molecule has 0 unspecified atom stereocenters. The standard InChI is InChI=1S/C36H26FN7/c1-19-9-5-13-24-30(19)31-20(2)10-6-14-25(31)42(24)34-38-28-17-23(37)18-29-39-35(41-36(40-34)44(28)29)43-26-15-7-11-21(3)32(26)33-22(4)12-8-16-27(33)43/h5-18H,1-4H3. The van der Waals surface area contributed by atoms with E-state index in [4.69, 9.17) is 20.0 Å². The van der Waals surface area contributed by atoms with Gasteiger partial charge in [-0.3, -0.25) is 9.13 Å². The first-order chi connectivity index (χ1) is 21.4. The van der Waals surface area contributed by atoms with E-state index < -0.39 is 5.83 Å². The summed E-state index contributed by atoms with van der Waals surface area (Å²) in [7, 11) is 0. The molecule has 5 heterocycles. The topological polar surface area (TPSA) is 62.5 Å². The second kappa shape index (κ2) is 8.70. The fourth-order valence-corrected chi connectivity index (χ4v) is 7.01. The van der Waals surface area contributed by atoms with Gasteiger partial charge < -0.3 is 0 Å². The van der Waals surface area contributed by atoms with Crippen LogP contribution in [-0.2, 0) is 0 Å². The Hall–Kier alpha value is -5.63. The number of aryl methyl sites for hydroxylation is 4. The summed E-state index contributed by atoms with van der Waals surface area (Å²) >= 11 is 0. The maximum absolute atomic E-state index is 15.2. The van der Waals surface area contributed by atoms with Gasteiger partial charge in [0.25, 0.3) is 0 Å². The van der Waals surface area contributed by atoms with Crippen LogP contribution in [0.1, 0.15) is 22.3 Å². The molecule has 0 N–H and O–H groups in total. The lowest BCUT2D eigenvalue weighted by Crippen LogP contribution is -2.43. The van der Waals surface area contributed by atoms with Gasteiger partial charge in [0.15, 0.2) is 0 Å². The van der Waals surface area contributed by atoms with Gasteiger partial charge in [0.1, 0.15) is 17.5 Å². The maximum atomic E-state index is 15.2. The summed E-state index contributed by atoms with van der Waals surface area (Å²) in [5.41, 5.74) is 8.62. The normalized spacial score (nSPS) is 16.2. The first-order valence-electron chi connectivity index (χ1n) is 14.6. The smallest absolute Gasteiger partial charge is 0.243 e. The molecule has 0 atom stereocenters. The van der Waals surface area contributed by atoms with Crippen molar-refractivity contribution in [2.75, 3.05) is 0 Å². The molecule has 9 rings (SSSR count). The van der Waals surface area contributed by atoms with Crippen molar-refractivity contribution < 1.29 is 4.39 Å². The zero-order chi connectivity index (χ0) is 29.9. The quantitative estimate of drug-likeness (QED) is 0.181. The minimum Gasteiger partial charge on any atom is -0.278 e. The van der Waals surface area contributed by atoms with Crippen LogP contribution in [0, 0.1) is 27.7 Å². The van der Waals surface area contributed by atoms with E-state index in [-0.39, 0.29) is 0 Å². The predicted molar refractivity (Wildman–Crippen MR) is 177 cm³/mol. The number of aromatic nitrogens is 2. The number of halogens is 1. The molecule has 2 aromatic heterocycles. The number of aliphatic imine (C=N–C) groups is 4. The van der Waals surface area contributed by atoms with Gasteiger partial charge in [-0.05, 0) is 74.2 Å². The number of fused-ring (bicyclic) bond motifs is 6. The van der Waals surface area contributed by atoms with Gasteiger partial charge in [-0.1, -0.05) is 48.5 Å². The van der Waals surface area contributed by atoms with Crippen LogP contribution in [0.5, 0.6) is 0 Å². The summed E-state index contributed by atoms with van der Waals surface area (Å²) in [5.74, 6) is 1.57. The van der Waals surface area contributed by atoms with Crippen molar-refractivity contribution in [1.29, 1.82) is 0 Å². The Morgan fingerprint density at radius 1 is 0.477 bits per heavy atom. The van der Waals surface area contributed by atoms with E-state index in [1.54, 1.807) is 4.90 Å². The Labute approximate surface area is 252 Å².